The first-order valence-electron chi connectivity index (χ1n) is 8.98. The molecule has 0 unspecified atom stereocenters. The van der Waals surface area contributed by atoms with Crippen LogP contribution in [0.15, 0.2) is 77.3 Å². The van der Waals surface area contributed by atoms with Crippen LogP contribution in [0.5, 0.6) is 11.5 Å². The van der Waals surface area contributed by atoms with Gasteiger partial charge in [-0.1, -0.05) is 34.1 Å². The molecule has 30 heavy (non-hydrogen) atoms. The van der Waals surface area contributed by atoms with Crippen molar-refractivity contribution < 1.29 is 19.2 Å². The van der Waals surface area contributed by atoms with Gasteiger partial charge in [0.2, 0.25) is 0 Å². The van der Waals surface area contributed by atoms with E-state index in [9.17, 15) is 14.9 Å². The number of allylic oxidation sites excluding steroid dienone is 1. The summed E-state index contributed by atoms with van der Waals surface area (Å²) in [5, 5.41) is 10.9. The van der Waals surface area contributed by atoms with Crippen molar-refractivity contribution in [2.75, 3.05) is 7.11 Å². The molecule has 0 heterocycles. The highest BCUT2D eigenvalue weighted by Gasteiger charge is 2.09. The number of nitro benzene ring substituents is 1. The van der Waals surface area contributed by atoms with Gasteiger partial charge in [0.1, 0.15) is 18.1 Å². The van der Waals surface area contributed by atoms with Crippen LogP contribution < -0.4 is 9.47 Å². The van der Waals surface area contributed by atoms with Gasteiger partial charge in [-0.2, -0.15) is 0 Å². The van der Waals surface area contributed by atoms with Crippen LogP contribution in [0.3, 0.4) is 0 Å². The normalized spacial score (nSPS) is 10.7. The minimum atomic E-state index is -0.471. The summed E-state index contributed by atoms with van der Waals surface area (Å²) in [4.78, 5) is 22.8. The van der Waals surface area contributed by atoms with Gasteiger partial charge in [-0.3, -0.25) is 14.9 Å². The number of non-ortho nitro benzene ring substituents is 1. The van der Waals surface area contributed by atoms with Crippen molar-refractivity contribution in [1.82, 2.24) is 0 Å². The van der Waals surface area contributed by atoms with Gasteiger partial charge in [0, 0.05) is 21.7 Å². The Labute approximate surface area is 182 Å². The summed E-state index contributed by atoms with van der Waals surface area (Å²) in [5.41, 5.74) is 2.11. The van der Waals surface area contributed by atoms with Crippen LogP contribution in [0.2, 0.25) is 0 Å². The topological polar surface area (TPSA) is 78.7 Å². The van der Waals surface area contributed by atoms with E-state index in [2.05, 4.69) is 15.9 Å². The maximum atomic E-state index is 12.3. The Morgan fingerprint density at radius 3 is 2.57 bits per heavy atom. The van der Waals surface area contributed by atoms with E-state index in [1.807, 2.05) is 24.3 Å². The summed E-state index contributed by atoms with van der Waals surface area (Å²) in [6.45, 7) is 0.159. The maximum Gasteiger partial charge on any atom is 0.273 e. The molecule has 0 aromatic heterocycles. The number of methoxy groups -OCH3 is 1. The van der Waals surface area contributed by atoms with Gasteiger partial charge < -0.3 is 9.47 Å². The van der Waals surface area contributed by atoms with Crippen LogP contribution in [-0.2, 0) is 6.61 Å². The number of ether oxygens (including phenoxy) is 2. The molecule has 3 aromatic rings. The smallest absolute Gasteiger partial charge is 0.273 e. The number of hydrogen-bond donors (Lipinski definition) is 0. The van der Waals surface area contributed by atoms with Crippen LogP contribution in [0.25, 0.3) is 6.08 Å². The number of rotatable bonds is 8. The van der Waals surface area contributed by atoms with E-state index in [1.54, 1.807) is 43.5 Å². The second-order valence-corrected chi connectivity index (χ2v) is 7.23. The average molecular weight is 468 g/mol. The summed E-state index contributed by atoms with van der Waals surface area (Å²) in [7, 11) is 1.55. The standard InChI is InChI=1S/C23H18BrNO5/c1-29-23-12-6-16(5-11-22(26)17-7-9-19(24)10-8-17)13-18(23)15-30-21-4-2-3-20(14-21)25(27)28/h2-14H,15H2,1H3/b11-5+. The minimum Gasteiger partial charge on any atom is -0.496 e. The number of nitro groups is 1. The molecule has 0 aliphatic heterocycles. The quantitative estimate of drug-likeness (QED) is 0.180. The second-order valence-electron chi connectivity index (χ2n) is 6.32. The molecule has 3 aromatic carbocycles. The van der Waals surface area contributed by atoms with Crippen molar-refractivity contribution in [3.63, 3.8) is 0 Å². The monoisotopic (exact) mass is 467 g/mol. The number of nitrogens with zero attached hydrogens (tertiary/aromatic N) is 1. The maximum absolute atomic E-state index is 12.3. The molecule has 0 saturated heterocycles. The molecule has 6 nitrogen and oxygen atoms in total. The molecule has 0 spiro atoms. The summed E-state index contributed by atoms with van der Waals surface area (Å²) in [6.07, 6.45) is 3.23. The fourth-order valence-electron chi connectivity index (χ4n) is 2.75. The Hall–Kier alpha value is -3.45. The third-order valence-electron chi connectivity index (χ3n) is 4.28. The van der Waals surface area contributed by atoms with E-state index in [0.717, 1.165) is 15.6 Å². The number of benzene rings is 3. The van der Waals surface area contributed by atoms with Gasteiger partial charge in [0.25, 0.3) is 5.69 Å². The Balaban J connectivity index is 1.74. The van der Waals surface area contributed by atoms with Gasteiger partial charge >= 0.3 is 0 Å². The molecule has 0 fully saturated rings. The van der Waals surface area contributed by atoms with Crippen LogP contribution in [0.1, 0.15) is 21.5 Å². The molecule has 0 aliphatic rings. The molecular weight excluding hydrogens is 450 g/mol. The minimum absolute atomic E-state index is 0.0393. The Morgan fingerprint density at radius 1 is 1.10 bits per heavy atom. The predicted molar refractivity (Wildman–Crippen MR) is 118 cm³/mol. The lowest BCUT2D eigenvalue weighted by molar-refractivity contribution is -0.384. The lowest BCUT2D eigenvalue weighted by Crippen LogP contribution is -2.00. The number of ketones is 1. The summed E-state index contributed by atoms with van der Waals surface area (Å²) >= 11 is 3.35. The molecule has 0 amide bonds. The first kappa shape index (κ1) is 21.3. The van der Waals surface area contributed by atoms with E-state index >= 15 is 0 Å². The van der Waals surface area contributed by atoms with Gasteiger partial charge in [-0.05, 0) is 54.1 Å². The third-order valence-corrected chi connectivity index (χ3v) is 4.81. The zero-order chi connectivity index (χ0) is 21.5. The Bertz CT molecular complexity index is 1090. The zero-order valence-corrected chi connectivity index (χ0v) is 17.7. The first-order chi connectivity index (χ1) is 14.5. The summed E-state index contributed by atoms with van der Waals surface area (Å²) in [5.74, 6) is 0.905. The highest BCUT2D eigenvalue weighted by molar-refractivity contribution is 9.10. The Kier molecular flexibility index (Phi) is 6.98. The predicted octanol–water partition coefficient (Wildman–Crippen LogP) is 5.84. The molecule has 0 N–H and O–H groups in total. The van der Waals surface area contributed by atoms with Gasteiger partial charge in [-0.25, -0.2) is 0 Å². The van der Waals surface area contributed by atoms with E-state index in [-0.39, 0.29) is 18.1 Å². The van der Waals surface area contributed by atoms with Crippen molar-refractivity contribution >= 4 is 33.5 Å². The highest BCUT2D eigenvalue weighted by atomic mass is 79.9. The number of hydrogen-bond acceptors (Lipinski definition) is 5. The molecule has 0 saturated carbocycles. The Morgan fingerprint density at radius 2 is 1.87 bits per heavy atom. The SMILES string of the molecule is COc1ccc(/C=C/C(=O)c2ccc(Br)cc2)cc1COc1cccc([N+](=O)[O-])c1. The molecule has 7 heteroatoms. The molecular formula is C23H18BrNO5. The van der Waals surface area contributed by atoms with Gasteiger partial charge in [-0.15, -0.1) is 0 Å². The van der Waals surface area contributed by atoms with Crippen LogP contribution in [-0.4, -0.2) is 17.8 Å². The van der Waals surface area contributed by atoms with Gasteiger partial charge in [0.05, 0.1) is 18.1 Å². The second kappa shape index (κ2) is 9.84. The molecule has 0 aliphatic carbocycles. The van der Waals surface area contributed by atoms with Crippen molar-refractivity contribution in [2.24, 2.45) is 0 Å². The summed E-state index contributed by atoms with van der Waals surface area (Å²) < 4.78 is 12.0. The first-order valence-corrected chi connectivity index (χ1v) is 9.78. The molecule has 0 radical (unpaired) electrons. The van der Waals surface area contributed by atoms with Crippen LogP contribution >= 0.6 is 15.9 Å². The van der Waals surface area contributed by atoms with Crippen LogP contribution in [0.4, 0.5) is 5.69 Å². The molecule has 0 bridgehead atoms. The van der Waals surface area contributed by atoms with Gasteiger partial charge in [0.15, 0.2) is 5.78 Å². The lowest BCUT2D eigenvalue weighted by Gasteiger charge is -2.11. The zero-order valence-electron chi connectivity index (χ0n) is 16.1. The average Bonchev–Trinajstić information content (AvgIpc) is 2.76. The fourth-order valence-corrected chi connectivity index (χ4v) is 3.01. The number of carbonyl (C=O) groups excluding carboxylic acids is 1. The third kappa shape index (κ3) is 5.55. The van der Waals surface area contributed by atoms with Crippen LogP contribution in [0, 0.1) is 10.1 Å². The van der Waals surface area contributed by atoms with E-state index in [1.165, 1.54) is 18.2 Å². The number of carbonyl (C=O) groups is 1. The largest absolute Gasteiger partial charge is 0.496 e. The number of halogens is 1. The van der Waals surface area contributed by atoms with E-state index in [0.29, 0.717) is 17.1 Å². The molecule has 152 valence electrons. The van der Waals surface area contributed by atoms with Crippen molar-refractivity contribution in [2.45, 2.75) is 6.61 Å². The summed E-state index contributed by atoms with van der Waals surface area (Å²) in [6, 6.07) is 18.6. The fraction of sp³-hybridized carbons (Fsp3) is 0.0870. The molecule has 3 rings (SSSR count). The van der Waals surface area contributed by atoms with Crippen molar-refractivity contribution in [3.8, 4) is 11.5 Å². The van der Waals surface area contributed by atoms with Crippen molar-refractivity contribution in [1.29, 1.82) is 0 Å². The lowest BCUT2D eigenvalue weighted by atomic mass is 10.1. The van der Waals surface area contributed by atoms with E-state index < -0.39 is 4.92 Å². The van der Waals surface area contributed by atoms with E-state index in [4.69, 9.17) is 9.47 Å². The highest BCUT2D eigenvalue weighted by Crippen LogP contribution is 2.25. The van der Waals surface area contributed by atoms with Crippen molar-refractivity contribution in [3.05, 3.63) is 104 Å². The molecule has 0 atom stereocenters.